The van der Waals surface area contributed by atoms with Crippen LogP contribution in [0.2, 0.25) is 10.0 Å². The minimum absolute atomic E-state index is 0.129. The van der Waals surface area contributed by atoms with E-state index in [0.29, 0.717) is 33.6 Å². The van der Waals surface area contributed by atoms with Crippen LogP contribution in [0, 0.1) is 0 Å². The molecule has 4 aromatic rings. The van der Waals surface area contributed by atoms with Gasteiger partial charge in [0.05, 0.1) is 11.4 Å². The molecule has 1 atom stereocenters. The maximum absolute atomic E-state index is 12.9. The number of carbonyl (C=O) groups is 1. The van der Waals surface area contributed by atoms with Crippen molar-refractivity contribution in [2.45, 2.75) is 32.5 Å². The highest BCUT2D eigenvalue weighted by Gasteiger charge is 2.31. The first kappa shape index (κ1) is 24.0. The standard InChI is InChI=1S/C27H23Cl2N5O2/c1-2-8-23-32-33-26-25(31-27(35)36-16-17-9-4-3-5-10-17)30-24(19-11-6-7-12-21(19)29)20-15-18(28)13-14-22(20)34(23)26/h3-7,9-15,25H,2,8,16H2,1H3,(H,31,35). The first-order valence-electron chi connectivity index (χ1n) is 11.6. The van der Waals surface area contributed by atoms with Crippen molar-refractivity contribution in [3.63, 3.8) is 0 Å². The molecule has 0 spiro atoms. The van der Waals surface area contributed by atoms with E-state index in [1.165, 1.54) is 0 Å². The lowest BCUT2D eigenvalue weighted by molar-refractivity contribution is 0.135. The monoisotopic (exact) mass is 519 g/mol. The maximum atomic E-state index is 12.9. The number of fused-ring (bicyclic) bond motifs is 3. The Labute approximate surface area is 218 Å². The molecule has 2 heterocycles. The molecule has 1 aromatic heterocycles. The second-order valence-corrected chi connectivity index (χ2v) is 9.13. The molecule has 0 radical (unpaired) electrons. The molecule has 7 nitrogen and oxygen atoms in total. The van der Waals surface area contributed by atoms with Gasteiger partial charge in [0.15, 0.2) is 12.0 Å². The molecule has 0 bridgehead atoms. The van der Waals surface area contributed by atoms with Gasteiger partial charge in [0.25, 0.3) is 0 Å². The molecule has 5 rings (SSSR count). The predicted octanol–water partition coefficient (Wildman–Crippen LogP) is 6.30. The summed E-state index contributed by atoms with van der Waals surface area (Å²) in [4.78, 5) is 17.8. The van der Waals surface area contributed by atoms with Crippen molar-refractivity contribution in [1.82, 2.24) is 20.1 Å². The Morgan fingerprint density at radius 3 is 2.56 bits per heavy atom. The maximum Gasteiger partial charge on any atom is 0.409 e. The van der Waals surface area contributed by atoms with Crippen LogP contribution in [0.3, 0.4) is 0 Å². The SMILES string of the molecule is CCCc1nnc2n1-c1ccc(Cl)cc1C(c1ccccc1Cl)=NC2NC(=O)OCc1ccccc1. The molecule has 0 saturated carbocycles. The van der Waals surface area contributed by atoms with Gasteiger partial charge in [0.1, 0.15) is 12.4 Å². The normalized spacial score (nSPS) is 14.3. The van der Waals surface area contributed by atoms with E-state index in [9.17, 15) is 4.79 Å². The van der Waals surface area contributed by atoms with Crippen LogP contribution < -0.4 is 5.32 Å². The number of aromatic nitrogens is 3. The van der Waals surface area contributed by atoms with E-state index in [1.807, 2.05) is 71.3 Å². The Balaban J connectivity index is 1.60. The van der Waals surface area contributed by atoms with Gasteiger partial charge >= 0.3 is 6.09 Å². The number of halogens is 2. The summed E-state index contributed by atoms with van der Waals surface area (Å²) in [6.45, 7) is 2.20. The number of hydrogen-bond acceptors (Lipinski definition) is 5. The highest BCUT2D eigenvalue weighted by molar-refractivity contribution is 6.36. The zero-order valence-corrected chi connectivity index (χ0v) is 21.0. The molecule has 9 heteroatoms. The molecule has 1 unspecified atom stereocenters. The number of hydrogen-bond donors (Lipinski definition) is 1. The van der Waals surface area contributed by atoms with Gasteiger partial charge in [0.2, 0.25) is 0 Å². The number of nitrogens with one attached hydrogen (secondary N) is 1. The number of aliphatic imine (C=N–C) groups is 1. The average Bonchev–Trinajstić information content (AvgIpc) is 3.24. The molecule has 1 N–H and O–H groups in total. The molecule has 36 heavy (non-hydrogen) atoms. The summed E-state index contributed by atoms with van der Waals surface area (Å²) in [5.41, 5.74) is 3.74. The summed E-state index contributed by atoms with van der Waals surface area (Å²) in [6, 6.07) is 22.5. The van der Waals surface area contributed by atoms with Crippen LogP contribution in [0.1, 0.15) is 47.8 Å². The van der Waals surface area contributed by atoms with Crippen molar-refractivity contribution < 1.29 is 9.53 Å². The third-order valence-electron chi connectivity index (χ3n) is 5.78. The topological polar surface area (TPSA) is 81.4 Å². The Bertz CT molecular complexity index is 1440. The van der Waals surface area contributed by atoms with Crippen molar-refractivity contribution in [3.05, 3.63) is 111 Å². The number of alkyl carbamates (subject to hydrolysis) is 1. The molecule has 1 aliphatic rings. The lowest BCUT2D eigenvalue weighted by Gasteiger charge is -2.15. The molecule has 0 fully saturated rings. The fraction of sp³-hybridized carbons (Fsp3) is 0.185. The van der Waals surface area contributed by atoms with E-state index in [2.05, 4.69) is 22.4 Å². The van der Waals surface area contributed by atoms with Crippen LogP contribution in [0.15, 0.2) is 77.8 Å². The van der Waals surface area contributed by atoms with Gasteiger partial charge in [-0.05, 0) is 36.2 Å². The molecule has 3 aromatic carbocycles. The highest BCUT2D eigenvalue weighted by atomic mass is 35.5. The smallest absolute Gasteiger partial charge is 0.409 e. The number of carbonyl (C=O) groups excluding carboxylic acids is 1. The highest BCUT2D eigenvalue weighted by Crippen LogP contribution is 2.33. The Kier molecular flexibility index (Phi) is 7.02. The largest absolute Gasteiger partial charge is 0.445 e. The fourth-order valence-corrected chi connectivity index (χ4v) is 4.54. The molecule has 0 saturated heterocycles. The molecule has 1 amide bonds. The minimum atomic E-state index is -0.871. The van der Waals surface area contributed by atoms with Crippen LogP contribution in [0.4, 0.5) is 4.79 Å². The van der Waals surface area contributed by atoms with Gasteiger partial charge in [-0.3, -0.25) is 14.9 Å². The Morgan fingerprint density at radius 2 is 1.78 bits per heavy atom. The first-order chi connectivity index (χ1) is 17.5. The summed E-state index contributed by atoms with van der Waals surface area (Å²) in [5.74, 6) is 1.23. The number of benzene rings is 3. The van der Waals surface area contributed by atoms with E-state index >= 15 is 0 Å². The Hall–Kier alpha value is -3.68. The molecule has 182 valence electrons. The van der Waals surface area contributed by atoms with Crippen LogP contribution in [-0.2, 0) is 17.8 Å². The van der Waals surface area contributed by atoms with Gasteiger partial charge in [-0.1, -0.05) is 78.7 Å². The van der Waals surface area contributed by atoms with Gasteiger partial charge in [-0.2, -0.15) is 0 Å². The van der Waals surface area contributed by atoms with Gasteiger partial charge in [-0.15, -0.1) is 10.2 Å². The van der Waals surface area contributed by atoms with Crippen molar-refractivity contribution >= 4 is 35.0 Å². The Morgan fingerprint density at radius 1 is 1.00 bits per heavy atom. The van der Waals surface area contributed by atoms with Gasteiger partial charge < -0.3 is 4.74 Å². The second-order valence-electron chi connectivity index (χ2n) is 8.29. The van der Waals surface area contributed by atoms with E-state index in [1.54, 1.807) is 6.07 Å². The van der Waals surface area contributed by atoms with Crippen molar-refractivity contribution in [3.8, 4) is 5.69 Å². The number of rotatable bonds is 6. The third-order valence-corrected chi connectivity index (χ3v) is 6.35. The van der Waals surface area contributed by atoms with E-state index < -0.39 is 12.3 Å². The quantitative estimate of drug-likeness (QED) is 0.324. The summed E-state index contributed by atoms with van der Waals surface area (Å²) < 4.78 is 7.41. The van der Waals surface area contributed by atoms with Gasteiger partial charge in [-0.25, -0.2) is 4.79 Å². The van der Waals surface area contributed by atoms with Crippen LogP contribution in [0.25, 0.3) is 5.69 Å². The molecular formula is C27H23Cl2N5O2. The first-order valence-corrected chi connectivity index (χ1v) is 12.3. The van der Waals surface area contributed by atoms with Crippen LogP contribution >= 0.6 is 23.2 Å². The molecule has 1 aliphatic heterocycles. The van der Waals surface area contributed by atoms with E-state index in [-0.39, 0.29) is 6.61 Å². The lowest BCUT2D eigenvalue weighted by Crippen LogP contribution is -2.30. The van der Waals surface area contributed by atoms with E-state index in [4.69, 9.17) is 32.9 Å². The van der Waals surface area contributed by atoms with Crippen molar-refractivity contribution in [2.24, 2.45) is 4.99 Å². The lowest BCUT2D eigenvalue weighted by atomic mass is 10.00. The summed E-state index contributed by atoms with van der Waals surface area (Å²) in [6.07, 6.45) is 0.0727. The minimum Gasteiger partial charge on any atom is -0.445 e. The van der Waals surface area contributed by atoms with E-state index in [0.717, 1.165) is 29.1 Å². The fourth-order valence-electron chi connectivity index (χ4n) is 4.15. The second kappa shape index (κ2) is 10.5. The van der Waals surface area contributed by atoms with Gasteiger partial charge in [0, 0.05) is 27.6 Å². The summed E-state index contributed by atoms with van der Waals surface area (Å²) in [5, 5.41) is 12.8. The zero-order valence-electron chi connectivity index (χ0n) is 19.5. The number of amides is 1. The molecular weight excluding hydrogens is 497 g/mol. The number of ether oxygens (including phenoxy) is 1. The van der Waals surface area contributed by atoms with Crippen LogP contribution in [0.5, 0.6) is 0 Å². The third kappa shape index (κ3) is 4.85. The van der Waals surface area contributed by atoms with Crippen molar-refractivity contribution in [1.29, 1.82) is 0 Å². The van der Waals surface area contributed by atoms with Crippen molar-refractivity contribution in [2.75, 3.05) is 0 Å². The number of nitrogens with zero attached hydrogens (tertiary/aromatic N) is 4. The predicted molar refractivity (Wildman–Crippen MR) is 140 cm³/mol. The zero-order chi connectivity index (χ0) is 25.1. The van der Waals surface area contributed by atoms with Crippen LogP contribution in [-0.4, -0.2) is 26.6 Å². The summed E-state index contributed by atoms with van der Waals surface area (Å²) in [7, 11) is 0. The summed E-state index contributed by atoms with van der Waals surface area (Å²) >= 11 is 13.0. The molecule has 0 aliphatic carbocycles. The number of aryl methyl sites for hydroxylation is 1. The average molecular weight is 520 g/mol.